The van der Waals surface area contributed by atoms with Gasteiger partial charge < -0.3 is 10.1 Å². The second kappa shape index (κ2) is 11.0. The normalized spacial score (nSPS) is 20.8. The molecule has 0 radical (unpaired) electrons. The molecule has 0 bridgehead atoms. The summed E-state index contributed by atoms with van der Waals surface area (Å²) in [6.07, 6.45) is 5.39. The standard InChI is InChI=1S/C25H34N2O2/c1-20-12-11-13-21(2)27(20)19-10-9-18-26-25(28)24(22-14-5-3-6-15-22)29-23-16-7-4-8-17-23/h3-8,14-17,20-21,24H,9-13,18-19H2,1-2H3,(H,26,28)/t20-,21+,24?. The van der Waals surface area contributed by atoms with Crippen molar-refractivity contribution in [2.45, 2.75) is 64.1 Å². The number of amides is 1. The molecule has 29 heavy (non-hydrogen) atoms. The van der Waals surface area contributed by atoms with Gasteiger partial charge in [0.15, 0.2) is 0 Å². The average Bonchev–Trinajstić information content (AvgIpc) is 2.75. The van der Waals surface area contributed by atoms with Gasteiger partial charge in [-0.3, -0.25) is 9.69 Å². The fraction of sp³-hybridized carbons (Fsp3) is 0.480. The van der Waals surface area contributed by atoms with Gasteiger partial charge in [0.2, 0.25) is 6.10 Å². The number of unbranched alkanes of at least 4 members (excludes halogenated alkanes) is 1. The molecule has 1 heterocycles. The van der Waals surface area contributed by atoms with E-state index in [1.165, 1.54) is 19.3 Å². The minimum absolute atomic E-state index is 0.0836. The van der Waals surface area contributed by atoms with Crippen molar-refractivity contribution in [2.24, 2.45) is 0 Å². The maximum atomic E-state index is 12.9. The van der Waals surface area contributed by atoms with Crippen molar-refractivity contribution in [2.75, 3.05) is 13.1 Å². The Kier molecular flexibility index (Phi) is 8.12. The molecule has 2 aromatic carbocycles. The number of carbonyl (C=O) groups is 1. The van der Waals surface area contributed by atoms with E-state index in [0.29, 0.717) is 24.4 Å². The third-order valence-electron chi connectivity index (χ3n) is 5.86. The smallest absolute Gasteiger partial charge is 0.265 e. The minimum atomic E-state index is -0.638. The number of carbonyl (C=O) groups excluding carboxylic acids is 1. The summed E-state index contributed by atoms with van der Waals surface area (Å²) in [7, 11) is 0. The molecule has 3 rings (SSSR count). The molecule has 4 heteroatoms. The summed E-state index contributed by atoms with van der Waals surface area (Å²) in [5.74, 6) is 0.615. The number of hydrogen-bond donors (Lipinski definition) is 1. The molecule has 3 atom stereocenters. The third-order valence-corrected chi connectivity index (χ3v) is 5.86. The fourth-order valence-electron chi connectivity index (χ4n) is 4.18. The van der Waals surface area contributed by atoms with Gasteiger partial charge in [-0.1, -0.05) is 55.0 Å². The largest absolute Gasteiger partial charge is 0.476 e. The number of para-hydroxylation sites is 1. The first-order valence-electron chi connectivity index (χ1n) is 11.0. The molecule has 1 unspecified atom stereocenters. The van der Waals surface area contributed by atoms with Gasteiger partial charge >= 0.3 is 0 Å². The molecule has 0 aromatic heterocycles. The highest BCUT2D eigenvalue weighted by Gasteiger charge is 2.24. The van der Waals surface area contributed by atoms with Gasteiger partial charge in [-0.15, -0.1) is 0 Å². The molecule has 2 aromatic rings. The fourth-order valence-corrected chi connectivity index (χ4v) is 4.18. The summed E-state index contributed by atoms with van der Waals surface area (Å²) >= 11 is 0. The van der Waals surface area contributed by atoms with Crippen LogP contribution in [-0.4, -0.2) is 36.0 Å². The van der Waals surface area contributed by atoms with Crippen LogP contribution in [0.1, 0.15) is 57.6 Å². The van der Waals surface area contributed by atoms with E-state index in [4.69, 9.17) is 4.74 Å². The lowest BCUT2D eigenvalue weighted by atomic mass is 9.97. The zero-order valence-corrected chi connectivity index (χ0v) is 17.7. The summed E-state index contributed by atoms with van der Waals surface area (Å²) < 4.78 is 6.02. The van der Waals surface area contributed by atoms with Crippen molar-refractivity contribution in [3.63, 3.8) is 0 Å². The minimum Gasteiger partial charge on any atom is -0.476 e. The number of nitrogens with one attached hydrogen (secondary N) is 1. The SMILES string of the molecule is C[C@@H]1CCC[C@H](C)N1CCCCNC(=O)C(Oc1ccccc1)c1ccccc1. The Hall–Kier alpha value is -2.33. The Morgan fingerprint density at radius 2 is 1.62 bits per heavy atom. The number of rotatable bonds is 9. The monoisotopic (exact) mass is 394 g/mol. The first-order valence-corrected chi connectivity index (χ1v) is 11.0. The summed E-state index contributed by atoms with van der Waals surface area (Å²) in [4.78, 5) is 15.5. The summed E-state index contributed by atoms with van der Waals surface area (Å²) in [5, 5.41) is 3.08. The Bertz CT molecular complexity index is 725. The molecule has 1 fully saturated rings. The zero-order valence-electron chi connectivity index (χ0n) is 17.7. The van der Waals surface area contributed by atoms with E-state index in [1.807, 2.05) is 60.7 Å². The molecule has 156 valence electrons. The quantitative estimate of drug-likeness (QED) is 0.611. The molecular weight excluding hydrogens is 360 g/mol. The zero-order chi connectivity index (χ0) is 20.5. The predicted octanol–water partition coefficient (Wildman–Crippen LogP) is 4.97. The predicted molar refractivity (Wildman–Crippen MR) is 118 cm³/mol. The lowest BCUT2D eigenvalue weighted by Gasteiger charge is -2.39. The first-order chi connectivity index (χ1) is 14.1. The first kappa shape index (κ1) is 21.4. The van der Waals surface area contributed by atoms with Crippen molar-refractivity contribution in [1.29, 1.82) is 0 Å². The lowest BCUT2D eigenvalue weighted by molar-refractivity contribution is -0.128. The average molecular weight is 395 g/mol. The van der Waals surface area contributed by atoms with Crippen LogP contribution in [0, 0.1) is 0 Å². The number of likely N-dealkylation sites (tertiary alicyclic amines) is 1. The lowest BCUT2D eigenvalue weighted by Crippen LogP contribution is -2.44. The second-order valence-corrected chi connectivity index (χ2v) is 8.09. The molecule has 1 N–H and O–H groups in total. The van der Waals surface area contributed by atoms with Gasteiger partial charge in [0.05, 0.1) is 0 Å². The van der Waals surface area contributed by atoms with Crippen LogP contribution in [0.15, 0.2) is 60.7 Å². The Morgan fingerprint density at radius 1 is 1.00 bits per heavy atom. The number of nitrogens with zero attached hydrogens (tertiary/aromatic N) is 1. The van der Waals surface area contributed by atoms with Gasteiger partial charge in [-0.2, -0.15) is 0 Å². The molecule has 0 spiro atoms. The van der Waals surface area contributed by atoms with Crippen molar-refractivity contribution in [3.05, 3.63) is 66.2 Å². The molecular formula is C25H34N2O2. The van der Waals surface area contributed by atoms with Gasteiger partial charge in [0, 0.05) is 24.2 Å². The van der Waals surface area contributed by atoms with Crippen LogP contribution in [0.5, 0.6) is 5.75 Å². The molecule has 1 aliphatic rings. The van der Waals surface area contributed by atoms with Crippen molar-refractivity contribution < 1.29 is 9.53 Å². The molecule has 1 aliphatic heterocycles. The number of ether oxygens (including phenoxy) is 1. The molecule has 4 nitrogen and oxygen atoms in total. The summed E-state index contributed by atoms with van der Waals surface area (Å²) in [6.45, 7) is 6.46. The second-order valence-electron chi connectivity index (χ2n) is 8.09. The highest BCUT2D eigenvalue weighted by Crippen LogP contribution is 2.23. The van der Waals surface area contributed by atoms with E-state index >= 15 is 0 Å². The number of benzene rings is 2. The van der Waals surface area contributed by atoms with E-state index < -0.39 is 6.10 Å². The van der Waals surface area contributed by atoms with E-state index in [0.717, 1.165) is 24.9 Å². The van der Waals surface area contributed by atoms with Gasteiger partial charge in [0.25, 0.3) is 5.91 Å². The van der Waals surface area contributed by atoms with Crippen LogP contribution in [0.25, 0.3) is 0 Å². The Labute approximate surface area is 175 Å². The summed E-state index contributed by atoms with van der Waals surface area (Å²) in [6, 6.07) is 20.6. The summed E-state index contributed by atoms with van der Waals surface area (Å²) in [5.41, 5.74) is 0.866. The van der Waals surface area contributed by atoms with Crippen LogP contribution in [0.2, 0.25) is 0 Å². The van der Waals surface area contributed by atoms with Crippen LogP contribution in [0.3, 0.4) is 0 Å². The van der Waals surface area contributed by atoms with Gasteiger partial charge in [-0.25, -0.2) is 0 Å². The van der Waals surface area contributed by atoms with Gasteiger partial charge in [-0.05, 0) is 58.2 Å². The van der Waals surface area contributed by atoms with Crippen LogP contribution in [-0.2, 0) is 4.79 Å². The molecule has 0 saturated carbocycles. The van der Waals surface area contributed by atoms with E-state index in [9.17, 15) is 4.79 Å². The van der Waals surface area contributed by atoms with Crippen LogP contribution < -0.4 is 10.1 Å². The topological polar surface area (TPSA) is 41.6 Å². The number of piperidine rings is 1. The van der Waals surface area contributed by atoms with Gasteiger partial charge in [0.1, 0.15) is 5.75 Å². The maximum Gasteiger partial charge on any atom is 0.265 e. The highest BCUT2D eigenvalue weighted by atomic mass is 16.5. The number of hydrogen-bond acceptors (Lipinski definition) is 3. The molecule has 1 saturated heterocycles. The third kappa shape index (κ3) is 6.33. The molecule has 0 aliphatic carbocycles. The van der Waals surface area contributed by atoms with Crippen LogP contribution in [0.4, 0.5) is 0 Å². The Balaban J connectivity index is 1.49. The Morgan fingerprint density at radius 3 is 2.28 bits per heavy atom. The van der Waals surface area contributed by atoms with Crippen molar-refractivity contribution in [3.8, 4) is 5.75 Å². The van der Waals surface area contributed by atoms with E-state index in [-0.39, 0.29) is 5.91 Å². The van der Waals surface area contributed by atoms with Crippen molar-refractivity contribution in [1.82, 2.24) is 10.2 Å². The van der Waals surface area contributed by atoms with Crippen LogP contribution >= 0.6 is 0 Å². The molecule has 1 amide bonds. The van der Waals surface area contributed by atoms with E-state index in [1.54, 1.807) is 0 Å². The van der Waals surface area contributed by atoms with E-state index in [2.05, 4.69) is 24.1 Å². The highest BCUT2D eigenvalue weighted by molar-refractivity contribution is 5.82. The van der Waals surface area contributed by atoms with Crippen molar-refractivity contribution >= 4 is 5.91 Å². The maximum absolute atomic E-state index is 12.9.